The summed E-state index contributed by atoms with van der Waals surface area (Å²) in [6, 6.07) is 7.75. The molecule has 0 spiro atoms. The Hall–Kier alpha value is -0.930. The number of halogens is 1. The van der Waals surface area contributed by atoms with Crippen LogP contribution in [0.3, 0.4) is 0 Å². The van der Waals surface area contributed by atoms with Gasteiger partial charge >= 0.3 is 0 Å². The van der Waals surface area contributed by atoms with Crippen LogP contribution in [0.5, 0.6) is 5.75 Å². The smallest absolute Gasteiger partial charge is 0.212 e. The first-order valence-electron chi connectivity index (χ1n) is 12.1. The second kappa shape index (κ2) is 8.13. The number of carbonyl (C=O) groups is 1. The molecule has 1 aromatic rings. The van der Waals surface area contributed by atoms with Crippen LogP contribution in [0, 0.1) is 40.4 Å². The van der Waals surface area contributed by atoms with Crippen LogP contribution in [0.15, 0.2) is 36.4 Å². The number of fused-ring (bicyclic) bond motifs is 5. The largest absolute Gasteiger partial charge is 0.494 e. The van der Waals surface area contributed by atoms with Crippen LogP contribution in [0.2, 0.25) is 5.02 Å². The van der Waals surface area contributed by atoms with Crippen molar-refractivity contribution in [3.8, 4) is 5.75 Å². The zero-order chi connectivity index (χ0) is 21.8. The van der Waals surface area contributed by atoms with Gasteiger partial charge in [-0.05, 0) is 97.8 Å². The summed E-state index contributed by atoms with van der Waals surface area (Å²) in [5.74, 6) is 4.65. The average molecular weight is 459 g/mol. The van der Waals surface area contributed by atoms with E-state index < -0.39 is 0 Å². The summed E-state index contributed by atoms with van der Waals surface area (Å²) in [7, 11) is 0. The Morgan fingerprint density at radius 3 is 2.84 bits per heavy atom. The molecule has 1 heterocycles. The van der Waals surface area contributed by atoms with Crippen molar-refractivity contribution in [1.29, 1.82) is 0 Å². The van der Waals surface area contributed by atoms with E-state index in [0.717, 1.165) is 47.5 Å². The molecule has 0 amide bonds. The highest BCUT2D eigenvalue weighted by atomic mass is 35.5. The fourth-order valence-electron chi connectivity index (χ4n) is 7.99. The van der Waals surface area contributed by atoms with Gasteiger partial charge in [0, 0.05) is 15.7 Å². The molecule has 4 aliphatic rings. The third-order valence-corrected chi connectivity index (χ3v) is 11.2. The first-order valence-corrected chi connectivity index (χ1v) is 13.4. The van der Waals surface area contributed by atoms with E-state index in [1.54, 1.807) is 11.8 Å². The quantitative estimate of drug-likeness (QED) is 0.469. The van der Waals surface area contributed by atoms with E-state index in [1.165, 1.54) is 32.1 Å². The maximum absolute atomic E-state index is 12.1. The van der Waals surface area contributed by atoms with Crippen LogP contribution in [-0.4, -0.2) is 17.0 Å². The van der Waals surface area contributed by atoms with Crippen molar-refractivity contribution in [2.24, 2.45) is 40.4 Å². The minimum atomic E-state index is 0.185. The lowest BCUT2D eigenvalue weighted by atomic mass is 9.47. The summed E-state index contributed by atoms with van der Waals surface area (Å²) < 4.78 is 6.07. The SMILES string of the molecule is CC1CC2SC(=O)C=C[C@]2(C)[C@@H]2CC[C@]3(C)C(CCOc4cccc(Cl)c4)CC[C@H]3[C@H]12. The molecule has 31 heavy (non-hydrogen) atoms. The van der Waals surface area contributed by atoms with Crippen LogP contribution in [0.4, 0.5) is 0 Å². The maximum atomic E-state index is 12.1. The standard InChI is InChI=1S/C27H35ClO2S/c1-17-15-23-27(3,13-10-24(29)31-23)22-9-12-26(2)18(7-8-21(26)25(17)22)11-14-30-20-6-4-5-19(28)16-20/h4-6,10,13,16-18,21-23,25H,7-9,11-12,14-15H2,1-3H3/t17?,18?,21-,22+,23?,25-,26+,27+/m0/s1. The Bertz CT molecular complexity index is 884. The van der Waals surface area contributed by atoms with Crippen LogP contribution in [-0.2, 0) is 4.79 Å². The van der Waals surface area contributed by atoms with Gasteiger partial charge in [-0.3, -0.25) is 4.79 Å². The number of benzene rings is 1. The predicted molar refractivity (Wildman–Crippen MR) is 130 cm³/mol. The third kappa shape index (κ3) is 3.68. The summed E-state index contributed by atoms with van der Waals surface area (Å²) in [5.41, 5.74) is 0.614. The predicted octanol–water partition coefficient (Wildman–Crippen LogP) is 7.41. The molecule has 5 rings (SSSR count). The van der Waals surface area contributed by atoms with Gasteiger partial charge < -0.3 is 4.74 Å². The number of thioether (sulfide) groups is 1. The summed E-state index contributed by atoms with van der Waals surface area (Å²) in [5, 5.41) is 1.46. The van der Waals surface area contributed by atoms with Gasteiger partial charge in [-0.2, -0.15) is 0 Å². The number of hydrogen-bond acceptors (Lipinski definition) is 3. The minimum Gasteiger partial charge on any atom is -0.494 e. The maximum Gasteiger partial charge on any atom is 0.212 e. The van der Waals surface area contributed by atoms with Gasteiger partial charge in [0.05, 0.1) is 6.61 Å². The van der Waals surface area contributed by atoms with Crippen LogP contribution < -0.4 is 4.74 Å². The molecular formula is C27H35ClO2S. The lowest BCUT2D eigenvalue weighted by Gasteiger charge is -2.60. The molecule has 3 fully saturated rings. The summed E-state index contributed by atoms with van der Waals surface area (Å²) in [6.07, 6.45) is 11.8. The molecule has 3 saturated carbocycles. The second-order valence-corrected chi connectivity index (χ2v) is 12.7. The van der Waals surface area contributed by atoms with E-state index in [-0.39, 0.29) is 10.5 Å². The summed E-state index contributed by atoms with van der Waals surface area (Å²) in [6.45, 7) is 8.28. The fraction of sp³-hybridized carbons (Fsp3) is 0.667. The van der Waals surface area contributed by atoms with Gasteiger partial charge in [0.25, 0.3) is 0 Å². The monoisotopic (exact) mass is 458 g/mol. The summed E-state index contributed by atoms with van der Waals surface area (Å²) >= 11 is 7.72. The van der Waals surface area contributed by atoms with Crippen LogP contribution in [0.1, 0.15) is 59.3 Å². The highest BCUT2D eigenvalue weighted by molar-refractivity contribution is 8.14. The lowest BCUT2D eigenvalue weighted by Crippen LogP contribution is -2.55. The fourth-order valence-corrected chi connectivity index (χ4v) is 9.51. The van der Waals surface area contributed by atoms with Gasteiger partial charge in [-0.25, -0.2) is 0 Å². The van der Waals surface area contributed by atoms with E-state index >= 15 is 0 Å². The number of ether oxygens (including phenoxy) is 1. The molecular weight excluding hydrogens is 424 g/mol. The molecule has 1 aliphatic heterocycles. The van der Waals surface area contributed by atoms with Crippen molar-refractivity contribution in [1.82, 2.24) is 0 Å². The Morgan fingerprint density at radius 2 is 2.03 bits per heavy atom. The number of allylic oxidation sites excluding steroid dienone is 1. The summed E-state index contributed by atoms with van der Waals surface area (Å²) in [4.78, 5) is 12.1. The van der Waals surface area contributed by atoms with Crippen molar-refractivity contribution in [3.05, 3.63) is 41.4 Å². The molecule has 0 saturated heterocycles. The zero-order valence-corrected chi connectivity index (χ0v) is 20.6. The van der Waals surface area contributed by atoms with Crippen molar-refractivity contribution in [2.75, 3.05) is 6.61 Å². The highest BCUT2D eigenvalue weighted by Gasteiger charge is 2.61. The van der Waals surface area contributed by atoms with E-state index in [1.807, 2.05) is 30.3 Å². The Kier molecular flexibility index (Phi) is 5.74. The van der Waals surface area contributed by atoms with Gasteiger partial charge in [0.2, 0.25) is 5.12 Å². The third-order valence-electron chi connectivity index (χ3n) is 9.63. The Morgan fingerprint density at radius 1 is 1.19 bits per heavy atom. The molecule has 1 aromatic carbocycles. The molecule has 3 aliphatic carbocycles. The molecule has 4 heteroatoms. The van der Waals surface area contributed by atoms with Crippen LogP contribution in [0.25, 0.3) is 0 Å². The Balaban J connectivity index is 1.30. The molecule has 0 bridgehead atoms. The molecule has 0 N–H and O–H groups in total. The van der Waals surface area contributed by atoms with E-state index in [0.29, 0.717) is 16.6 Å². The van der Waals surface area contributed by atoms with Gasteiger partial charge in [0.1, 0.15) is 5.75 Å². The second-order valence-electron chi connectivity index (χ2n) is 11.0. The first kappa shape index (κ1) is 21.9. The molecule has 8 atom stereocenters. The van der Waals surface area contributed by atoms with Crippen molar-refractivity contribution in [3.63, 3.8) is 0 Å². The number of carbonyl (C=O) groups excluding carboxylic acids is 1. The zero-order valence-electron chi connectivity index (χ0n) is 19.0. The molecule has 0 aromatic heterocycles. The molecule has 0 radical (unpaired) electrons. The van der Waals surface area contributed by atoms with E-state index in [2.05, 4.69) is 26.8 Å². The lowest BCUT2D eigenvalue weighted by molar-refractivity contribution is -0.108. The topological polar surface area (TPSA) is 26.3 Å². The Labute approximate surface area is 196 Å². The average Bonchev–Trinajstić information content (AvgIpc) is 3.06. The van der Waals surface area contributed by atoms with Crippen molar-refractivity contribution >= 4 is 28.5 Å². The van der Waals surface area contributed by atoms with Gasteiger partial charge in [-0.15, -0.1) is 0 Å². The first-order chi connectivity index (χ1) is 14.8. The van der Waals surface area contributed by atoms with E-state index in [4.69, 9.17) is 16.3 Å². The van der Waals surface area contributed by atoms with Gasteiger partial charge in [-0.1, -0.05) is 56.3 Å². The molecule has 168 valence electrons. The van der Waals surface area contributed by atoms with Crippen molar-refractivity contribution < 1.29 is 9.53 Å². The molecule has 3 unspecified atom stereocenters. The molecule has 2 nitrogen and oxygen atoms in total. The van der Waals surface area contributed by atoms with Gasteiger partial charge in [0.15, 0.2) is 0 Å². The van der Waals surface area contributed by atoms with Crippen LogP contribution >= 0.6 is 23.4 Å². The number of hydrogen-bond donors (Lipinski definition) is 0. The van der Waals surface area contributed by atoms with Crippen molar-refractivity contribution in [2.45, 2.75) is 64.5 Å². The minimum absolute atomic E-state index is 0.185. The highest BCUT2D eigenvalue weighted by Crippen LogP contribution is 2.67. The van der Waals surface area contributed by atoms with E-state index in [9.17, 15) is 4.79 Å². The normalized spacial score (nSPS) is 43.8. The number of rotatable bonds is 4.